The van der Waals surface area contributed by atoms with E-state index in [0.717, 1.165) is 16.9 Å². The van der Waals surface area contributed by atoms with E-state index in [1.165, 1.54) is 24.8 Å². The van der Waals surface area contributed by atoms with Crippen LogP contribution in [0.4, 0.5) is 0 Å². The number of nitriles is 1. The molecular weight excluding hydrogens is 508 g/mol. The molecule has 0 unspecified atom stereocenters. The third-order valence-corrected chi connectivity index (χ3v) is 6.18. The van der Waals surface area contributed by atoms with E-state index in [2.05, 4.69) is 0 Å². The maximum absolute atomic E-state index is 12.7. The summed E-state index contributed by atoms with van der Waals surface area (Å²) in [5, 5.41) is 9.53. The Kier molecular flexibility index (Phi) is 9.70. The van der Waals surface area contributed by atoms with Gasteiger partial charge in [0, 0.05) is 19.2 Å². The summed E-state index contributed by atoms with van der Waals surface area (Å²) in [5.41, 5.74) is 3.66. The topological polar surface area (TPSA) is 98.1 Å². The van der Waals surface area contributed by atoms with Crippen molar-refractivity contribution in [3.05, 3.63) is 101 Å². The minimum absolute atomic E-state index is 0.00296. The van der Waals surface area contributed by atoms with Crippen LogP contribution >= 0.6 is 0 Å². The largest absolute Gasteiger partial charge is 0.493 e. The van der Waals surface area contributed by atoms with Crippen LogP contribution < -0.4 is 14.2 Å². The number of rotatable bonds is 9. The zero-order chi connectivity index (χ0) is 28.3. The van der Waals surface area contributed by atoms with Crippen molar-refractivity contribution >= 4 is 24.0 Å². The van der Waals surface area contributed by atoms with Gasteiger partial charge in [-0.1, -0.05) is 48.0 Å². The fraction of sp³-hybridized carbons (Fsp3) is 0.219. The lowest BCUT2D eigenvalue weighted by Crippen LogP contribution is -2.41. The van der Waals surface area contributed by atoms with E-state index in [9.17, 15) is 14.9 Å². The van der Waals surface area contributed by atoms with Gasteiger partial charge >= 0.3 is 5.97 Å². The molecule has 8 heteroatoms. The minimum atomic E-state index is -0.582. The average molecular weight is 539 g/mol. The third kappa shape index (κ3) is 7.82. The highest BCUT2D eigenvalue weighted by Gasteiger charge is 2.21. The van der Waals surface area contributed by atoms with Crippen LogP contribution in [0.5, 0.6) is 17.2 Å². The second-order valence-corrected chi connectivity index (χ2v) is 9.08. The van der Waals surface area contributed by atoms with Gasteiger partial charge in [0.2, 0.25) is 0 Å². The molecule has 1 heterocycles. The Morgan fingerprint density at radius 2 is 1.68 bits per heavy atom. The van der Waals surface area contributed by atoms with Crippen LogP contribution in [0.3, 0.4) is 0 Å². The summed E-state index contributed by atoms with van der Waals surface area (Å²) >= 11 is 0. The van der Waals surface area contributed by atoms with Crippen molar-refractivity contribution in [1.29, 1.82) is 5.26 Å². The van der Waals surface area contributed by atoms with E-state index >= 15 is 0 Å². The Balaban J connectivity index is 1.35. The number of hydrogen-bond acceptors (Lipinski definition) is 7. The second kappa shape index (κ2) is 13.8. The van der Waals surface area contributed by atoms with Crippen LogP contribution in [0.2, 0.25) is 0 Å². The lowest BCUT2D eigenvalue weighted by Gasteiger charge is -2.26. The van der Waals surface area contributed by atoms with E-state index in [-0.39, 0.29) is 17.2 Å². The number of benzene rings is 3. The fourth-order valence-corrected chi connectivity index (χ4v) is 3.94. The number of ether oxygens (including phenoxy) is 4. The van der Waals surface area contributed by atoms with Crippen molar-refractivity contribution in [1.82, 2.24) is 4.90 Å². The van der Waals surface area contributed by atoms with Gasteiger partial charge < -0.3 is 23.8 Å². The Labute approximate surface area is 233 Å². The number of carbonyl (C=O) groups excluding carboxylic acids is 2. The summed E-state index contributed by atoms with van der Waals surface area (Å²) in [5.74, 6) is 0.303. The first-order valence-electron chi connectivity index (χ1n) is 12.8. The molecule has 4 rings (SSSR count). The first-order valence-corrected chi connectivity index (χ1v) is 12.8. The molecule has 0 spiro atoms. The summed E-state index contributed by atoms with van der Waals surface area (Å²) in [4.78, 5) is 26.7. The number of amides is 1. The maximum atomic E-state index is 12.7. The fourth-order valence-electron chi connectivity index (χ4n) is 3.94. The molecule has 204 valence electrons. The molecule has 3 aromatic carbocycles. The highest BCUT2D eigenvalue weighted by Crippen LogP contribution is 2.29. The molecule has 0 atom stereocenters. The number of morpholine rings is 1. The molecular formula is C32H30N2O6. The molecule has 40 heavy (non-hydrogen) atoms. The molecule has 3 aromatic rings. The van der Waals surface area contributed by atoms with Gasteiger partial charge in [0.05, 0.1) is 20.3 Å². The Morgan fingerprint density at radius 1 is 0.975 bits per heavy atom. The monoisotopic (exact) mass is 538 g/mol. The first kappa shape index (κ1) is 28.1. The van der Waals surface area contributed by atoms with Crippen LogP contribution in [0.25, 0.3) is 12.2 Å². The van der Waals surface area contributed by atoms with Gasteiger partial charge in [0.1, 0.15) is 24.0 Å². The highest BCUT2D eigenvalue weighted by atomic mass is 16.6. The minimum Gasteiger partial charge on any atom is -0.493 e. The molecule has 1 saturated heterocycles. The zero-order valence-corrected chi connectivity index (χ0v) is 22.5. The van der Waals surface area contributed by atoms with Gasteiger partial charge in [-0.25, -0.2) is 4.79 Å². The molecule has 0 N–H and O–H groups in total. The van der Waals surface area contributed by atoms with Crippen molar-refractivity contribution < 1.29 is 28.5 Å². The quantitative estimate of drug-likeness (QED) is 0.164. The van der Waals surface area contributed by atoms with Gasteiger partial charge in [-0.2, -0.15) is 5.26 Å². The summed E-state index contributed by atoms with van der Waals surface area (Å²) in [7, 11) is 1.45. The van der Waals surface area contributed by atoms with Crippen molar-refractivity contribution in [3.8, 4) is 23.3 Å². The summed E-state index contributed by atoms with van der Waals surface area (Å²) in [6.07, 6.45) is 4.45. The van der Waals surface area contributed by atoms with E-state index in [0.29, 0.717) is 44.2 Å². The SMILES string of the molecule is COc1cc(/C=C(\C#N)C(=O)N2CCOCC2)ccc1OC(=O)/C=C/c1ccc(OCc2ccc(C)cc2)cc1. The summed E-state index contributed by atoms with van der Waals surface area (Å²) < 4.78 is 21.9. The highest BCUT2D eigenvalue weighted by molar-refractivity contribution is 6.01. The number of methoxy groups -OCH3 is 1. The van der Waals surface area contributed by atoms with Gasteiger partial charge in [-0.15, -0.1) is 0 Å². The molecule has 1 fully saturated rings. The van der Waals surface area contributed by atoms with Crippen molar-refractivity contribution in [2.45, 2.75) is 13.5 Å². The molecule has 1 aliphatic rings. The normalized spacial score (nSPS) is 13.5. The third-order valence-electron chi connectivity index (χ3n) is 6.18. The Morgan fingerprint density at radius 3 is 2.35 bits per heavy atom. The number of hydrogen-bond donors (Lipinski definition) is 0. The number of esters is 1. The van der Waals surface area contributed by atoms with Crippen LogP contribution in [0, 0.1) is 18.3 Å². The van der Waals surface area contributed by atoms with Crippen molar-refractivity contribution in [2.24, 2.45) is 0 Å². The smallest absolute Gasteiger partial charge is 0.336 e. The lowest BCUT2D eigenvalue weighted by atomic mass is 10.1. The molecule has 8 nitrogen and oxygen atoms in total. The molecule has 0 radical (unpaired) electrons. The van der Waals surface area contributed by atoms with E-state index < -0.39 is 5.97 Å². The van der Waals surface area contributed by atoms with E-state index in [4.69, 9.17) is 18.9 Å². The van der Waals surface area contributed by atoms with E-state index in [1.54, 1.807) is 29.2 Å². The number of aryl methyl sites for hydroxylation is 1. The zero-order valence-electron chi connectivity index (χ0n) is 22.5. The molecule has 0 aromatic heterocycles. The molecule has 0 aliphatic carbocycles. The molecule has 1 amide bonds. The lowest BCUT2D eigenvalue weighted by molar-refractivity contribution is -0.130. The molecule has 1 aliphatic heterocycles. The summed E-state index contributed by atoms with van der Waals surface area (Å²) in [6.45, 7) is 4.29. The second-order valence-electron chi connectivity index (χ2n) is 9.08. The van der Waals surface area contributed by atoms with Crippen LogP contribution in [-0.2, 0) is 20.9 Å². The molecule has 0 bridgehead atoms. The predicted octanol–water partition coefficient (Wildman–Crippen LogP) is 4.97. The maximum Gasteiger partial charge on any atom is 0.336 e. The van der Waals surface area contributed by atoms with Gasteiger partial charge in [0.15, 0.2) is 11.5 Å². The van der Waals surface area contributed by atoms with Gasteiger partial charge in [-0.3, -0.25) is 4.79 Å². The van der Waals surface area contributed by atoms with Crippen molar-refractivity contribution in [2.75, 3.05) is 33.4 Å². The van der Waals surface area contributed by atoms with Crippen LogP contribution in [0.15, 0.2) is 78.4 Å². The molecule has 0 saturated carbocycles. The van der Waals surface area contributed by atoms with Crippen LogP contribution in [0.1, 0.15) is 22.3 Å². The van der Waals surface area contributed by atoms with Crippen molar-refractivity contribution in [3.63, 3.8) is 0 Å². The summed E-state index contributed by atoms with van der Waals surface area (Å²) in [6, 6.07) is 22.3. The first-order chi connectivity index (χ1) is 19.4. The van der Waals surface area contributed by atoms with Crippen LogP contribution in [-0.4, -0.2) is 50.2 Å². The van der Waals surface area contributed by atoms with E-state index in [1.807, 2.05) is 61.5 Å². The number of carbonyl (C=O) groups is 2. The van der Waals surface area contributed by atoms with Gasteiger partial charge in [-0.05, 0) is 60.0 Å². The Bertz CT molecular complexity index is 1430. The number of nitrogens with zero attached hydrogens (tertiary/aromatic N) is 2. The average Bonchev–Trinajstić information content (AvgIpc) is 2.99. The Hall–Kier alpha value is -4.87. The van der Waals surface area contributed by atoms with Gasteiger partial charge in [0.25, 0.3) is 5.91 Å². The predicted molar refractivity (Wildman–Crippen MR) is 151 cm³/mol. The standard InChI is InChI=1S/C32H30N2O6/c1-23-3-5-25(6-4-23)22-39-28-11-7-24(8-12-28)10-14-31(35)40-29-13-9-26(20-30(29)37-2)19-27(21-33)32(36)34-15-17-38-18-16-34/h3-14,19-20H,15-18,22H2,1-2H3/b14-10+,27-19+.